The van der Waals surface area contributed by atoms with Crippen LogP contribution in [-0.2, 0) is 0 Å². The highest BCUT2D eigenvalue weighted by Crippen LogP contribution is 2.34. The second-order valence-corrected chi connectivity index (χ2v) is 4.15. The van der Waals surface area contributed by atoms with Crippen LogP contribution < -0.4 is 0 Å². The van der Waals surface area contributed by atoms with Crippen LogP contribution in [0.2, 0.25) is 0 Å². The molecule has 0 amide bonds. The summed E-state index contributed by atoms with van der Waals surface area (Å²) in [5, 5.41) is 8.86. The van der Waals surface area contributed by atoms with Crippen LogP contribution in [0.3, 0.4) is 0 Å². The van der Waals surface area contributed by atoms with Gasteiger partial charge in [0.25, 0.3) is 5.92 Å². The Bertz CT molecular complexity index is 151. The molecule has 0 aromatic carbocycles. The summed E-state index contributed by atoms with van der Waals surface area (Å²) < 4.78 is 26.2. The summed E-state index contributed by atoms with van der Waals surface area (Å²) in [6.45, 7) is 1.17. The maximum absolute atomic E-state index is 13.1. The average Bonchev–Trinajstić information content (AvgIpc) is 2.05. The molecule has 0 saturated heterocycles. The van der Waals surface area contributed by atoms with E-state index < -0.39 is 12.0 Å². The summed E-state index contributed by atoms with van der Waals surface area (Å²) in [4.78, 5) is 0. The van der Waals surface area contributed by atoms with Crippen LogP contribution in [0.5, 0.6) is 0 Å². The van der Waals surface area contributed by atoms with Crippen LogP contribution in [0.1, 0.15) is 45.4 Å². The molecule has 1 fully saturated rings. The summed E-state index contributed by atoms with van der Waals surface area (Å²) in [5.74, 6) is -2.76. The van der Waals surface area contributed by atoms with E-state index in [1.165, 1.54) is 13.3 Å². The van der Waals surface area contributed by atoms with E-state index in [0.29, 0.717) is 0 Å². The lowest BCUT2D eigenvalue weighted by atomic mass is 9.84. The molecular formula is C10H18F2O. The Morgan fingerprint density at radius 3 is 2.31 bits per heavy atom. The number of aliphatic hydroxyl groups excluding tert-OH is 1. The lowest BCUT2D eigenvalue weighted by Crippen LogP contribution is -2.33. The van der Waals surface area contributed by atoms with E-state index in [4.69, 9.17) is 5.11 Å². The summed E-state index contributed by atoms with van der Waals surface area (Å²) in [6, 6.07) is 0. The van der Waals surface area contributed by atoms with Crippen molar-refractivity contribution < 1.29 is 13.9 Å². The molecule has 78 valence electrons. The lowest BCUT2D eigenvalue weighted by Gasteiger charge is -2.27. The van der Waals surface area contributed by atoms with Crippen LogP contribution in [0.15, 0.2) is 0 Å². The van der Waals surface area contributed by atoms with Crippen molar-refractivity contribution in [3.8, 4) is 0 Å². The Morgan fingerprint density at radius 1 is 1.31 bits per heavy atom. The van der Waals surface area contributed by atoms with Crippen molar-refractivity contribution >= 4 is 0 Å². The quantitative estimate of drug-likeness (QED) is 0.728. The van der Waals surface area contributed by atoms with Crippen molar-refractivity contribution in [1.82, 2.24) is 0 Å². The highest BCUT2D eigenvalue weighted by Gasteiger charge is 2.37. The molecule has 1 saturated carbocycles. The van der Waals surface area contributed by atoms with Crippen molar-refractivity contribution in [3.63, 3.8) is 0 Å². The van der Waals surface area contributed by atoms with Gasteiger partial charge in [-0.3, -0.25) is 0 Å². The monoisotopic (exact) mass is 192 g/mol. The first-order chi connectivity index (χ1) is 6.02. The Kier molecular flexibility index (Phi) is 3.65. The van der Waals surface area contributed by atoms with E-state index in [-0.39, 0.29) is 12.3 Å². The predicted molar refractivity (Wildman–Crippen MR) is 47.8 cm³/mol. The van der Waals surface area contributed by atoms with Gasteiger partial charge in [-0.05, 0) is 12.8 Å². The first-order valence-electron chi connectivity index (χ1n) is 5.08. The van der Waals surface area contributed by atoms with Gasteiger partial charge in [-0.1, -0.05) is 32.1 Å². The molecule has 0 aromatic heterocycles. The van der Waals surface area contributed by atoms with Crippen LogP contribution in [0.25, 0.3) is 0 Å². The molecule has 13 heavy (non-hydrogen) atoms. The van der Waals surface area contributed by atoms with Gasteiger partial charge in [0.15, 0.2) is 0 Å². The maximum atomic E-state index is 13.1. The number of alkyl halides is 2. The number of hydrogen-bond acceptors (Lipinski definition) is 1. The summed E-state index contributed by atoms with van der Waals surface area (Å²) in [6.07, 6.45) is 3.49. The van der Waals surface area contributed by atoms with Gasteiger partial charge in [0.05, 0.1) is 0 Å². The molecule has 0 aliphatic heterocycles. The van der Waals surface area contributed by atoms with E-state index in [0.717, 1.165) is 25.7 Å². The van der Waals surface area contributed by atoms with Crippen LogP contribution in [0.4, 0.5) is 8.78 Å². The van der Waals surface area contributed by atoms with Gasteiger partial charge in [0, 0.05) is 6.42 Å². The van der Waals surface area contributed by atoms with E-state index in [9.17, 15) is 8.78 Å². The zero-order chi connectivity index (χ0) is 9.90. The van der Waals surface area contributed by atoms with Crippen molar-refractivity contribution in [2.75, 3.05) is 0 Å². The van der Waals surface area contributed by atoms with Gasteiger partial charge in [-0.15, -0.1) is 0 Å². The van der Waals surface area contributed by atoms with Crippen molar-refractivity contribution in [2.24, 2.45) is 5.92 Å². The summed E-state index contributed by atoms with van der Waals surface area (Å²) in [7, 11) is 0. The smallest absolute Gasteiger partial charge is 0.273 e. The van der Waals surface area contributed by atoms with Crippen molar-refractivity contribution in [2.45, 2.75) is 57.5 Å². The van der Waals surface area contributed by atoms with Crippen molar-refractivity contribution in [3.05, 3.63) is 0 Å². The minimum Gasteiger partial charge on any atom is -0.387 e. The predicted octanol–water partition coefficient (Wildman–Crippen LogP) is 2.97. The molecule has 1 rings (SSSR count). The Labute approximate surface area is 78.1 Å². The molecule has 1 N–H and O–H groups in total. The van der Waals surface area contributed by atoms with E-state index >= 15 is 0 Å². The minimum atomic E-state index is -2.89. The molecule has 0 aromatic rings. The first-order valence-corrected chi connectivity index (χ1v) is 5.08. The zero-order valence-corrected chi connectivity index (χ0v) is 8.10. The molecular weight excluding hydrogens is 174 g/mol. The van der Waals surface area contributed by atoms with Gasteiger partial charge in [0.1, 0.15) is 6.10 Å². The molecule has 0 radical (unpaired) electrons. The van der Waals surface area contributed by atoms with Gasteiger partial charge in [-0.25, -0.2) is 8.78 Å². The Hall–Kier alpha value is -0.180. The number of hydrogen-bond donors (Lipinski definition) is 1. The maximum Gasteiger partial charge on any atom is 0.273 e. The third kappa shape index (κ3) is 3.22. The summed E-state index contributed by atoms with van der Waals surface area (Å²) >= 11 is 0. The number of aliphatic hydroxyl groups is 1. The van der Waals surface area contributed by atoms with Gasteiger partial charge in [-0.2, -0.15) is 0 Å². The van der Waals surface area contributed by atoms with Gasteiger partial charge >= 0.3 is 0 Å². The van der Waals surface area contributed by atoms with E-state index in [1.54, 1.807) is 0 Å². The molecule has 1 aliphatic rings. The van der Waals surface area contributed by atoms with Gasteiger partial charge < -0.3 is 5.11 Å². The third-order valence-corrected chi connectivity index (χ3v) is 2.90. The molecule has 0 spiro atoms. The normalized spacial score (nSPS) is 23.1. The SMILES string of the molecule is CC(O)C(F)(F)CC1CCCCC1. The van der Waals surface area contributed by atoms with E-state index in [1.807, 2.05) is 0 Å². The molecule has 3 heteroatoms. The fourth-order valence-electron chi connectivity index (χ4n) is 1.95. The largest absolute Gasteiger partial charge is 0.387 e. The van der Waals surface area contributed by atoms with E-state index in [2.05, 4.69) is 0 Å². The second-order valence-electron chi connectivity index (χ2n) is 4.15. The molecule has 0 bridgehead atoms. The fourth-order valence-corrected chi connectivity index (χ4v) is 1.95. The first kappa shape index (κ1) is 10.9. The number of halogens is 2. The molecule has 1 nitrogen and oxygen atoms in total. The standard InChI is InChI=1S/C10H18F2O/c1-8(13)10(11,12)7-9-5-3-2-4-6-9/h8-9,13H,2-7H2,1H3. The van der Waals surface area contributed by atoms with Crippen LogP contribution >= 0.6 is 0 Å². The average molecular weight is 192 g/mol. The fraction of sp³-hybridized carbons (Fsp3) is 1.00. The Balaban J connectivity index is 2.37. The second kappa shape index (κ2) is 4.36. The van der Waals surface area contributed by atoms with Crippen LogP contribution in [-0.4, -0.2) is 17.1 Å². The third-order valence-electron chi connectivity index (χ3n) is 2.90. The van der Waals surface area contributed by atoms with Gasteiger partial charge in [0.2, 0.25) is 0 Å². The zero-order valence-electron chi connectivity index (χ0n) is 8.10. The molecule has 0 heterocycles. The topological polar surface area (TPSA) is 20.2 Å². The number of rotatable bonds is 3. The summed E-state index contributed by atoms with van der Waals surface area (Å²) in [5.41, 5.74) is 0. The lowest BCUT2D eigenvalue weighted by molar-refractivity contribution is -0.116. The van der Waals surface area contributed by atoms with Crippen LogP contribution in [0, 0.1) is 5.92 Å². The Morgan fingerprint density at radius 2 is 1.85 bits per heavy atom. The molecule has 1 atom stereocenters. The molecule has 1 aliphatic carbocycles. The highest BCUT2D eigenvalue weighted by molar-refractivity contribution is 4.78. The van der Waals surface area contributed by atoms with Crippen molar-refractivity contribution in [1.29, 1.82) is 0 Å². The highest BCUT2D eigenvalue weighted by atomic mass is 19.3. The minimum absolute atomic E-state index is 0.123. The molecule has 1 unspecified atom stereocenters.